The second kappa shape index (κ2) is 26.1. The van der Waals surface area contributed by atoms with E-state index < -0.39 is 8.60 Å². The van der Waals surface area contributed by atoms with Gasteiger partial charge >= 0.3 is 8.60 Å². The zero-order chi connectivity index (χ0) is 26.8. The van der Waals surface area contributed by atoms with Crippen molar-refractivity contribution in [1.29, 1.82) is 0 Å². The Bertz CT molecular complexity index is 504. The molecule has 0 aromatic heterocycles. The summed E-state index contributed by atoms with van der Waals surface area (Å²) < 4.78 is 16.8. The first-order valence-electron chi connectivity index (χ1n) is 15.7. The highest BCUT2D eigenvalue weighted by molar-refractivity contribution is 7.40. The molecule has 0 aromatic carbocycles. The zero-order valence-corrected chi connectivity index (χ0v) is 25.3. The molecule has 0 aliphatic carbocycles. The summed E-state index contributed by atoms with van der Waals surface area (Å²) in [5, 5.41) is 0. The molecule has 6 nitrogen and oxygen atoms in total. The maximum atomic E-state index is 11.6. The van der Waals surface area contributed by atoms with Crippen molar-refractivity contribution >= 4 is 14.4 Å². The van der Waals surface area contributed by atoms with Gasteiger partial charge in [-0.25, -0.2) is 0 Å². The number of carbonyl (C=O) groups excluding carboxylic acids is 1. The van der Waals surface area contributed by atoms with Crippen LogP contribution in [0.25, 0.3) is 0 Å². The van der Waals surface area contributed by atoms with Crippen LogP contribution in [0, 0.1) is 5.92 Å². The van der Waals surface area contributed by atoms with Gasteiger partial charge in [-0.15, -0.1) is 0 Å². The molecule has 1 fully saturated rings. The van der Waals surface area contributed by atoms with E-state index in [0.29, 0.717) is 26.2 Å². The van der Waals surface area contributed by atoms with Gasteiger partial charge in [-0.2, -0.15) is 0 Å². The lowest BCUT2D eigenvalue weighted by Crippen LogP contribution is -2.20. The summed E-state index contributed by atoms with van der Waals surface area (Å²) in [6, 6.07) is 0. The van der Waals surface area contributed by atoms with Crippen LogP contribution in [-0.4, -0.2) is 61.6 Å². The lowest BCUT2D eigenvalue weighted by Gasteiger charge is -2.18. The number of rotatable bonds is 28. The fraction of sp³-hybridized carbons (Fsp3) is 0.967. The fourth-order valence-corrected chi connectivity index (χ4v) is 5.71. The van der Waals surface area contributed by atoms with Gasteiger partial charge in [0, 0.05) is 18.9 Å². The molecule has 1 heterocycles. The van der Waals surface area contributed by atoms with Crippen molar-refractivity contribution in [2.75, 3.05) is 46.1 Å². The maximum absolute atomic E-state index is 11.6. The zero-order valence-electron chi connectivity index (χ0n) is 24.4. The minimum Gasteiger partial charge on any atom is -0.381 e. The van der Waals surface area contributed by atoms with Gasteiger partial charge in [0.05, 0.1) is 19.8 Å². The van der Waals surface area contributed by atoms with E-state index in [1.807, 2.05) is 0 Å². The summed E-state index contributed by atoms with van der Waals surface area (Å²) in [5.41, 5.74) is 0. The van der Waals surface area contributed by atoms with Crippen LogP contribution in [0.4, 0.5) is 0 Å². The molecule has 2 atom stereocenters. The van der Waals surface area contributed by atoms with Crippen molar-refractivity contribution in [2.45, 2.75) is 136 Å². The lowest BCUT2D eigenvalue weighted by molar-refractivity contribution is -0.118. The predicted octanol–water partition coefficient (Wildman–Crippen LogP) is 8.21. The van der Waals surface area contributed by atoms with E-state index >= 15 is 0 Å². The number of hydrogen-bond donors (Lipinski definition) is 1. The first-order chi connectivity index (χ1) is 18.1. The van der Waals surface area contributed by atoms with Gasteiger partial charge in [0.2, 0.25) is 0 Å². The highest BCUT2D eigenvalue weighted by Gasteiger charge is 2.16. The molecule has 0 bridgehead atoms. The fourth-order valence-electron chi connectivity index (χ4n) is 5.01. The van der Waals surface area contributed by atoms with E-state index in [-0.39, 0.29) is 11.7 Å². The third-order valence-corrected chi connectivity index (χ3v) is 8.04. The van der Waals surface area contributed by atoms with Gasteiger partial charge in [-0.05, 0) is 58.7 Å². The molecule has 0 amide bonds. The van der Waals surface area contributed by atoms with E-state index in [2.05, 4.69) is 11.8 Å². The van der Waals surface area contributed by atoms with Gasteiger partial charge in [-0.1, -0.05) is 90.4 Å². The van der Waals surface area contributed by atoms with Crippen LogP contribution in [0.1, 0.15) is 136 Å². The number of unbranched alkanes of at least 4 members (excludes halogenated alkanes) is 14. The molecule has 2 unspecified atom stereocenters. The van der Waals surface area contributed by atoms with Crippen LogP contribution in [0.3, 0.4) is 0 Å². The summed E-state index contributed by atoms with van der Waals surface area (Å²) in [6.07, 6.45) is 23.9. The van der Waals surface area contributed by atoms with Crippen molar-refractivity contribution in [3.63, 3.8) is 0 Å². The van der Waals surface area contributed by atoms with Crippen molar-refractivity contribution < 1.29 is 23.5 Å². The van der Waals surface area contributed by atoms with Crippen LogP contribution in [0.5, 0.6) is 0 Å². The molecule has 37 heavy (non-hydrogen) atoms. The molecule has 1 rings (SSSR count). The Balaban J connectivity index is 1.92. The highest BCUT2D eigenvalue weighted by atomic mass is 31.2. The number of likely N-dealkylation sites (tertiary alicyclic amines) is 1. The number of Topliss-reactive ketones (excluding diaryl/α,β-unsaturated/α-hetero) is 1. The molecule has 1 aliphatic rings. The maximum Gasteiger partial charge on any atom is 0.329 e. The standard InChI is InChI=1S/C30H60NO5P/c1-3-4-5-6-7-8-9-10-11-12-13-14-15-19-24-34-27-30(26-29(2)32)28-36-37(33)35-25-20-18-23-31-21-16-17-22-31/h30,33H,3-28H2,1-2H3. The van der Waals surface area contributed by atoms with E-state index in [4.69, 9.17) is 13.8 Å². The van der Waals surface area contributed by atoms with Gasteiger partial charge in [0.25, 0.3) is 0 Å². The van der Waals surface area contributed by atoms with Crippen LogP contribution in [0.15, 0.2) is 0 Å². The third-order valence-electron chi connectivity index (χ3n) is 7.26. The first-order valence-corrected chi connectivity index (χ1v) is 16.8. The van der Waals surface area contributed by atoms with Gasteiger partial charge in [0.15, 0.2) is 0 Å². The predicted molar refractivity (Wildman–Crippen MR) is 156 cm³/mol. The Morgan fingerprint density at radius 1 is 0.757 bits per heavy atom. The molecule has 0 radical (unpaired) electrons. The van der Waals surface area contributed by atoms with E-state index in [0.717, 1.165) is 32.4 Å². The topological polar surface area (TPSA) is 68.2 Å². The molecule has 0 spiro atoms. The van der Waals surface area contributed by atoms with Gasteiger partial charge in [-0.3, -0.25) is 0 Å². The van der Waals surface area contributed by atoms with Crippen molar-refractivity contribution in [1.82, 2.24) is 4.90 Å². The number of nitrogens with zero attached hydrogens (tertiary/aromatic N) is 1. The molecular formula is C30H60NO5P. The molecule has 1 aliphatic heterocycles. The normalized spacial score (nSPS) is 15.9. The quantitative estimate of drug-likeness (QED) is 0.0789. The number of carbonyl (C=O) groups is 1. The Kier molecular flexibility index (Phi) is 24.7. The second-order valence-electron chi connectivity index (χ2n) is 11.1. The molecule has 1 N–H and O–H groups in total. The third kappa shape index (κ3) is 23.5. The monoisotopic (exact) mass is 545 g/mol. The molecular weight excluding hydrogens is 485 g/mol. The number of ether oxygens (including phenoxy) is 1. The molecule has 0 aromatic rings. The Labute approximate surface area is 230 Å². The summed E-state index contributed by atoms with van der Waals surface area (Å²) in [5.74, 6) is 0.0962. The van der Waals surface area contributed by atoms with Crippen molar-refractivity contribution in [3.8, 4) is 0 Å². The summed E-state index contributed by atoms with van der Waals surface area (Å²) >= 11 is 0. The minimum absolute atomic E-state index is 0.0277. The Hall–Kier alpha value is -0.100. The van der Waals surface area contributed by atoms with E-state index in [9.17, 15) is 9.69 Å². The Morgan fingerprint density at radius 2 is 1.30 bits per heavy atom. The number of hydrogen-bond acceptors (Lipinski definition) is 6. The SMILES string of the molecule is CCCCCCCCCCCCCCCCOCC(COP(O)OCCCCN1CCCC1)CC(C)=O. The first kappa shape index (κ1) is 34.9. The number of ketones is 1. The molecule has 220 valence electrons. The molecule has 1 saturated heterocycles. The largest absolute Gasteiger partial charge is 0.381 e. The average molecular weight is 546 g/mol. The molecule has 7 heteroatoms. The van der Waals surface area contributed by atoms with Crippen LogP contribution < -0.4 is 0 Å². The van der Waals surface area contributed by atoms with Crippen molar-refractivity contribution in [2.24, 2.45) is 5.92 Å². The van der Waals surface area contributed by atoms with E-state index in [1.54, 1.807) is 6.92 Å². The van der Waals surface area contributed by atoms with Crippen LogP contribution >= 0.6 is 8.60 Å². The lowest BCUT2D eigenvalue weighted by atomic mass is 10.0. The molecule has 0 saturated carbocycles. The van der Waals surface area contributed by atoms with E-state index in [1.165, 1.54) is 109 Å². The van der Waals surface area contributed by atoms with Crippen LogP contribution in [0.2, 0.25) is 0 Å². The second-order valence-corrected chi connectivity index (χ2v) is 12.1. The minimum atomic E-state index is -1.88. The van der Waals surface area contributed by atoms with Crippen LogP contribution in [-0.2, 0) is 18.6 Å². The van der Waals surface area contributed by atoms with Gasteiger partial charge in [0.1, 0.15) is 5.78 Å². The van der Waals surface area contributed by atoms with Crippen molar-refractivity contribution in [3.05, 3.63) is 0 Å². The Morgan fingerprint density at radius 3 is 1.86 bits per heavy atom. The summed E-state index contributed by atoms with van der Waals surface area (Å²) in [7, 11) is -1.88. The average Bonchev–Trinajstić information content (AvgIpc) is 3.40. The summed E-state index contributed by atoms with van der Waals surface area (Å²) in [4.78, 5) is 24.1. The van der Waals surface area contributed by atoms with Gasteiger partial charge < -0.3 is 28.4 Å². The smallest absolute Gasteiger partial charge is 0.329 e. The highest BCUT2D eigenvalue weighted by Crippen LogP contribution is 2.34. The summed E-state index contributed by atoms with van der Waals surface area (Å²) in [6.45, 7) is 9.47.